The summed E-state index contributed by atoms with van der Waals surface area (Å²) in [5.41, 5.74) is 5.69. The fourth-order valence-corrected chi connectivity index (χ4v) is 9.69. The maximum absolute atomic E-state index is 15.0. The molecule has 306 valence electrons. The summed E-state index contributed by atoms with van der Waals surface area (Å²) < 4.78 is 40.2. The Bertz CT molecular complexity index is 2270. The molecule has 9 heteroatoms. The van der Waals surface area contributed by atoms with Crippen LogP contribution in [-0.4, -0.2) is 5.78 Å². The van der Waals surface area contributed by atoms with Gasteiger partial charge in [0.15, 0.2) is 0 Å². The Labute approximate surface area is 352 Å². The summed E-state index contributed by atoms with van der Waals surface area (Å²) in [5.74, 6) is 4.49. The van der Waals surface area contributed by atoms with E-state index in [4.69, 9.17) is 27.1 Å². The first-order chi connectivity index (χ1) is 28.5. The van der Waals surface area contributed by atoms with E-state index in [1.165, 1.54) is 0 Å². The van der Waals surface area contributed by atoms with Crippen LogP contribution >= 0.6 is 17.2 Å². The van der Waals surface area contributed by atoms with Crippen LogP contribution in [0.25, 0.3) is 0 Å². The van der Waals surface area contributed by atoms with Crippen molar-refractivity contribution in [2.24, 2.45) is 11.8 Å². The van der Waals surface area contributed by atoms with Crippen LogP contribution in [0.1, 0.15) is 123 Å². The first kappa shape index (κ1) is 42.0. The molecule has 59 heavy (non-hydrogen) atoms. The quantitative estimate of drug-likeness (QED) is 0.0900. The molecule has 7 nitrogen and oxygen atoms in total. The van der Waals surface area contributed by atoms with Gasteiger partial charge < -0.3 is 27.1 Å². The molecule has 0 amide bonds. The van der Waals surface area contributed by atoms with E-state index in [1.807, 2.05) is 103 Å². The van der Waals surface area contributed by atoms with Crippen molar-refractivity contribution < 1.29 is 31.9 Å². The third-order valence-electron chi connectivity index (χ3n) is 10.7. The molecule has 0 radical (unpaired) electrons. The van der Waals surface area contributed by atoms with Crippen molar-refractivity contribution >= 4 is 23.0 Å². The second-order valence-corrected chi connectivity index (χ2v) is 18.2. The fraction of sp³-hybridized carbons (Fsp3) is 0.300. The molecule has 5 aromatic rings. The highest BCUT2D eigenvalue weighted by atomic mass is 31.2. The Morgan fingerprint density at radius 1 is 0.492 bits per heavy atom. The molecule has 2 unspecified atom stereocenters. The fourth-order valence-electron chi connectivity index (χ4n) is 7.49. The molecule has 0 saturated carbocycles. The number of hydrogen-bond donors (Lipinski definition) is 0. The van der Waals surface area contributed by atoms with Gasteiger partial charge in [-0.3, -0.25) is 4.79 Å². The van der Waals surface area contributed by atoms with Crippen molar-refractivity contribution in [2.45, 2.75) is 86.0 Å². The molecule has 5 aromatic carbocycles. The van der Waals surface area contributed by atoms with E-state index in [0.717, 1.165) is 40.0 Å². The van der Waals surface area contributed by atoms with Gasteiger partial charge in [-0.05, 0) is 101 Å². The van der Waals surface area contributed by atoms with Crippen molar-refractivity contribution in [2.75, 3.05) is 0 Å². The van der Waals surface area contributed by atoms with E-state index in [9.17, 15) is 0 Å². The smallest absolute Gasteiger partial charge is 0.413 e. The van der Waals surface area contributed by atoms with Gasteiger partial charge in [0.25, 0.3) is 0 Å². The zero-order valence-corrected chi connectivity index (χ0v) is 37.0. The normalized spacial score (nSPS) is 15.2. The van der Waals surface area contributed by atoms with Crippen molar-refractivity contribution in [3.8, 4) is 28.7 Å². The first-order valence-electron chi connectivity index (χ1n) is 20.6. The van der Waals surface area contributed by atoms with Crippen LogP contribution in [0.15, 0.2) is 133 Å². The zero-order valence-electron chi connectivity index (χ0n) is 35.2. The van der Waals surface area contributed by atoms with E-state index >= 15 is 4.79 Å². The Kier molecular flexibility index (Phi) is 13.5. The van der Waals surface area contributed by atoms with Gasteiger partial charge in [-0.2, -0.15) is 0 Å². The summed E-state index contributed by atoms with van der Waals surface area (Å²) in [6, 6.07) is 35.2. The van der Waals surface area contributed by atoms with Gasteiger partial charge in [0.05, 0.1) is 11.1 Å². The highest BCUT2D eigenvalue weighted by Gasteiger charge is 2.35. The summed E-state index contributed by atoms with van der Waals surface area (Å²) in [4.78, 5) is 15.0. The van der Waals surface area contributed by atoms with Crippen LogP contribution in [0, 0.1) is 11.8 Å². The summed E-state index contributed by atoms with van der Waals surface area (Å²) in [6.07, 6.45) is 7.53. The molecule has 0 fully saturated rings. The minimum absolute atomic E-state index is 0.162. The Hall–Kier alpha value is -5.09. The van der Waals surface area contributed by atoms with Gasteiger partial charge in [-0.15, -0.1) is 0 Å². The topological polar surface area (TPSA) is 72.5 Å². The molecule has 2 aliphatic carbocycles. The highest BCUT2D eigenvalue weighted by Crippen LogP contribution is 2.51. The Morgan fingerprint density at radius 3 is 1.31 bits per heavy atom. The SMILES string of the molecule is CC(C)c1ccccc1OP(OC1=CC=CCC1C(C)C)Oc1cccc2c1C(=O)c1c(cccc1OP(Oc1ccccc1C(C)C)Oc1ccccc1C(C)C)C2. The van der Waals surface area contributed by atoms with Crippen LogP contribution < -0.4 is 22.6 Å². The maximum atomic E-state index is 15.0. The van der Waals surface area contributed by atoms with Crippen LogP contribution in [0.3, 0.4) is 0 Å². The van der Waals surface area contributed by atoms with Gasteiger partial charge in [-0.25, -0.2) is 0 Å². The number of carbonyl (C=O) groups excluding carboxylic acids is 1. The van der Waals surface area contributed by atoms with E-state index < -0.39 is 17.2 Å². The minimum atomic E-state index is -2.08. The molecule has 0 aromatic heterocycles. The lowest BCUT2D eigenvalue weighted by molar-refractivity contribution is 0.103. The van der Waals surface area contributed by atoms with E-state index in [1.54, 1.807) is 0 Å². The van der Waals surface area contributed by atoms with Crippen molar-refractivity contribution in [3.63, 3.8) is 0 Å². The molecule has 0 aliphatic heterocycles. The summed E-state index contributed by atoms with van der Waals surface area (Å²) in [5, 5.41) is 0. The molecule has 0 saturated heterocycles. The number of fused-ring (bicyclic) bond motifs is 2. The van der Waals surface area contributed by atoms with Crippen LogP contribution in [0.4, 0.5) is 0 Å². The van der Waals surface area contributed by atoms with Crippen LogP contribution in [0.2, 0.25) is 0 Å². The molecule has 2 aliphatic rings. The second-order valence-electron chi connectivity index (χ2n) is 16.2. The maximum Gasteiger partial charge on any atom is 0.530 e. The number of ketones is 1. The predicted molar refractivity (Wildman–Crippen MR) is 239 cm³/mol. The minimum Gasteiger partial charge on any atom is -0.413 e. The number of benzene rings is 5. The van der Waals surface area contributed by atoms with Gasteiger partial charge in [-0.1, -0.05) is 146 Å². The molecule has 0 heterocycles. The zero-order chi connectivity index (χ0) is 41.6. The summed E-state index contributed by atoms with van der Waals surface area (Å²) in [6.45, 7) is 17.1. The molecule has 2 atom stereocenters. The molecule has 0 N–H and O–H groups in total. The number of carbonyl (C=O) groups is 1. The largest absolute Gasteiger partial charge is 0.530 e. The number of allylic oxidation sites excluding steroid dienone is 4. The first-order valence-corrected chi connectivity index (χ1v) is 22.8. The molecule has 0 spiro atoms. The van der Waals surface area contributed by atoms with Crippen LogP contribution in [-0.2, 0) is 10.9 Å². The van der Waals surface area contributed by atoms with Gasteiger partial charge >= 0.3 is 17.2 Å². The molecular weight excluding hydrogens is 774 g/mol. The number of para-hydroxylation sites is 3. The number of hydrogen-bond acceptors (Lipinski definition) is 7. The molecule has 7 rings (SSSR count). The summed E-state index contributed by atoms with van der Waals surface area (Å²) >= 11 is 0. The van der Waals surface area contributed by atoms with Crippen LogP contribution in [0.5, 0.6) is 28.7 Å². The monoisotopic (exact) mass is 828 g/mol. The molecular formula is C50H54O7P2. The third-order valence-corrected chi connectivity index (χ3v) is 12.8. The predicted octanol–water partition coefficient (Wildman–Crippen LogP) is 14.8. The van der Waals surface area contributed by atoms with Gasteiger partial charge in [0, 0.05) is 5.92 Å². The van der Waals surface area contributed by atoms with E-state index in [0.29, 0.717) is 52.2 Å². The van der Waals surface area contributed by atoms with E-state index in [-0.39, 0.29) is 29.5 Å². The lowest BCUT2D eigenvalue weighted by atomic mass is 9.84. The number of rotatable bonds is 16. The van der Waals surface area contributed by atoms with E-state index in [2.05, 4.69) is 79.7 Å². The Balaban J connectivity index is 1.25. The second kappa shape index (κ2) is 18.9. The van der Waals surface area contributed by atoms with Crippen molar-refractivity contribution in [3.05, 3.63) is 172 Å². The molecule has 0 bridgehead atoms. The average molecular weight is 829 g/mol. The van der Waals surface area contributed by atoms with Crippen molar-refractivity contribution in [1.29, 1.82) is 0 Å². The Morgan fingerprint density at radius 2 is 0.881 bits per heavy atom. The average Bonchev–Trinajstić information content (AvgIpc) is 3.21. The lowest BCUT2D eigenvalue weighted by Crippen LogP contribution is -2.19. The third kappa shape index (κ3) is 9.70. The highest BCUT2D eigenvalue weighted by molar-refractivity contribution is 7.43. The summed E-state index contributed by atoms with van der Waals surface area (Å²) in [7, 11) is -4.13. The van der Waals surface area contributed by atoms with Crippen molar-refractivity contribution in [1.82, 2.24) is 0 Å². The van der Waals surface area contributed by atoms with Gasteiger partial charge in [0.1, 0.15) is 34.5 Å². The van der Waals surface area contributed by atoms with Gasteiger partial charge in [0.2, 0.25) is 5.78 Å². The lowest BCUT2D eigenvalue weighted by Gasteiger charge is -2.29. The standard InChI is InChI=1S/C50H54O7P2/c1-32(2)38-21-9-13-25-42(38)52-58(53-43-26-14-10-22-39(43)33(3)4)56-46-29-17-19-36-31-37-20-18-30-47(49(37)50(51)48(36)46)57-59(54-44-27-15-11-23-40(44)34(5)6)55-45-28-16-12-24-41(45)35(7)8/h9-23,25-30,32-35,41H,24,31H2,1-8H3.